The number of carbonyl (C=O) groups excluding carboxylic acids is 2. The van der Waals surface area contributed by atoms with Gasteiger partial charge in [0, 0.05) is 12.5 Å². The van der Waals surface area contributed by atoms with E-state index in [9.17, 15) is 19.0 Å². The highest BCUT2D eigenvalue weighted by molar-refractivity contribution is 7.47. The van der Waals surface area contributed by atoms with E-state index in [0.717, 1.165) is 38.5 Å². The zero-order chi connectivity index (χ0) is 40.0. The Kier molecular flexibility index (Phi) is 35.6. The van der Waals surface area contributed by atoms with Crippen LogP contribution in [0.15, 0.2) is 37.0 Å². The van der Waals surface area contributed by atoms with Gasteiger partial charge < -0.3 is 18.9 Å². The molecule has 9 nitrogen and oxygen atoms in total. The van der Waals surface area contributed by atoms with Crippen LogP contribution < -0.4 is 0 Å². The molecule has 0 aromatic rings. The number of likely N-dealkylation sites (N-methyl/N-ethyl adjacent to an activating group) is 1. The second kappa shape index (κ2) is 36.8. The molecule has 0 heterocycles. The summed E-state index contributed by atoms with van der Waals surface area (Å²) < 4.78 is 34.1. The maximum absolute atomic E-state index is 12.7. The Morgan fingerprint density at radius 3 is 1.65 bits per heavy atom. The Morgan fingerprint density at radius 1 is 0.667 bits per heavy atom. The van der Waals surface area contributed by atoms with Gasteiger partial charge in [0.15, 0.2) is 6.10 Å². The lowest BCUT2D eigenvalue weighted by atomic mass is 10.0. The summed E-state index contributed by atoms with van der Waals surface area (Å²) in [6.07, 6.45) is 40.0. The fourth-order valence-corrected chi connectivity index (χ4v) is 6.71. The van der Waals surface area contributed by atoms with Crippen LogP contribution in [0.25, 0.3) is 0 Å². The molecule has 0 aliphatic rings. The Hall–Kier alpha value is -1.77. The first-order valence-electron chi connectivity index (χ1n) is 21.7. The highest BCUT2D eigenvalue weighted by Gasteiger charge is 2.26. The van der Waals surface area contributed by atoms with E-state index in [2.05, 4.69) is 13.5 Å². The van der Waals surface area contributed by atoms with E-state index < -0.39 is 32.5 Å². The molecule has 2 atom stereocenters. The lowest BCUT2D eigenvalue weighted by Gasteiger charge is -2.24. The number of unbranched alkanes of at least 4 members (excludes halogenated alkanes) is 24. The molecule has 0 amide bonds. The van der Waals surface area contributed by atoms with Gasteiger partial charge in [-0.05, 0) is 32.1 Å². The first-order valence-corrected chi connectivity index (χ1v) is 23.2. The monoisotopic (exact) mass is 785 g/mol. The van der Waals surface area contributed by atoms with Crippen LogP contribution in [-0.2, 0) is 32.7 Å². The van der Waals surface area contributed by atoms with Crippen molar-refractivity contribution in [3.05, 3.63) is 37.0 Å². The summed E-state index contributed by atoms with van der Waals surface area (Å²) in [6.45, 7) is 5.82. The first-order chi connectivity index (χ1) is 26.0. The van der Waals surface area contributed by atoms with Gasteiger partial charge >= 0.3 is 19.8 Å². The normalized spacial score (nSPS) is 13.7. The zero-order valence-electron chi connectivity index (χ0n) is 35.3. The molecule has 54 heavy (non-hydrogen) atoms. The molecule has 0 aromatic heterocycles. The van der Waals surface area contributed by atoms with Crippen molar-refractivity contribution in [2.45, 2.75) is 186 Å². The van der Waals surface area contributed by atoms with Crippen molar-refractivity contribution in [3.8, 4) is 0 Å². The summed E-state index contributed by atoms with van der Waals surface area (Å²) in [5, 5.41) is 0. The predicted molar refractivity (Wildman–Crippen MR) is 224 cm³/mol. The molecule has 1 N–H and O–H groups in total. The average Bonchev–Trinajstić information content (AvgIpc) is 3.12. The van der Waals surface area contributed by atoms with Crippen LogP contribution in [0.1, 0.15) is 180 Å². The van der Waals surface area contributed by atoms with Crippen molar-refractivity contribution in [2.75, 3.05) is 47.5 Å². The highest BCUT2D eigenvalue weighted by Crippen LogP contribution is 2.43. The number of phosphoric ester groups is 1. The molecule has 0 saturated heterocycles. The number of ether oxygens (including phenoxy) is 2. The maximum Gasteiger partial charge on any atom is 0.472 e. The Bertz CT molecular complexity index is 1010. The number of esters is 2. The van der Waals surface area contributed by atoms with Crippen LogP contribution in [0.4, 0.5) is 0 Å². The molecule has 10 heteroatoms. The zero-order valence-corrected chi connectivity index (χ0v) is 36.2. The van der Waals surface area contributed by atoms with Crippen molar-refractivity contribution >= 4 is 19.8 Å². The third-order valence-corrected chi connectivity index (χ3v) is 10.4. The molecule has 0 spiro atoms. The summed E-state index contributed by atoms with van der Waals surface area (Å²) in [4.78, 5) is 35.2. The average molecular weight is 785 g/mol. The van der Waals surface area contributed by atoms with Crippen LogP contribution in [0.5, 0.6) is 0 Å². The standard InChI is InChI=1S/C44H82NO8P/c1-6-8-10-12-14-16-18-20-22-24-26-28-30-32-34-36-43(46)50-40-42(41-52-54(48,49)51-39-38-45(3,4)5)53-44(47)37-35-33-31-29-27-25-23-21-19-17-15-13-11-9-7-2/h7,30,32,34,36,42H,2,6,8-29,31,33,35,37-41H2,1,3-5H3/p+1/b32-30+,36-34+/t42-/m1/s1. The fourth-order valence-electron chi connectivity index (χ4n) is 5.97. The topological polar surface area (TPSA) is 108 Å². The molecular weight excluding hydrogens is 701 g/mol. The number of nitrogens with zero attached hydrogens (tertiary/aromatic N) is 1. The number of carbonyl (C=O) groups is 2. The molecule has 0 bridgehead atoms. The van der Waals surface area contributed by atoms with Crippen molar-refractivity contribution in [1.29, 1.82) is 0 Å². The number of rotatable bonds is 40. The second-order valence-electron chi connectivity index (χ2n) is 15.9. The second-order valence-corrected chi connectivity index (χ2v) is 17.3. The molecule has 0 radical (unpaired) electrons. The predicted octanol–water partition coefficient (Wildman–Crippen LogP) is 12.1. The third kappa shape index (κ3) is 39.9. The summed E-state index contributed by atoms with van der Waals surface area (Å²) >= 11 is 0. The van der Waals surface area contributed by atoms with Gasteiger partial charge in [0.2, 0.25) is 0 Å². The number of quaternary nitrogens is 1. The molecule has 0 aliphatic carbocycles. The van der Waals surface area contributed by atoms with Gasteiger partial charge in [-0.3, -0.25) is 13.8 Å². The number of hydrogen-bond donors (Lipinski definition) is 1. The largest absolute Gasteiger partial charge is 0.472 e. The molecule has 0 aromatic carbocycles. The summed E-state index contributed by atoms with van der Waals surface area (Å²) in [5.41, 5.74) is 0. The van der Waals surface area contributed by atoms with Gasteiger partial charge in [-0.15, -0.1) is 6.58 Å². The van der Waals surface area contributed by atoms with Gasteiger partial charge in [-0.2, -0.15) is 0 Å². The van der Waals surface area contributed by atoms with E-state index in [1.165, 1.54) is 128 Å². The van der Waals surface area contributed by atoms with Crippen molar-refractivity contribution in [1.82, 2.24) is 0 Å². The SMILES string of the molecule is C=CCCCCCCCCCCCCCCCC(=O)O[C@H](COC(=O)/C=C/C=C/CCCCCCCCCCCCC)COP(=O)(O)OCC[N+](C)(C)C. The minimum atomic E-state index is -4.39. The molecule has 0 aliphatic heterocycles. The number of hydrogen-bond acceptors (Lipinski definition) is 7. The Balaban J connectivity index is 4.44. The summed E-state index contributed by atoms with van der Waals surface area (Å²) in [6, 6.07) is 0. The molecule has 0 fully saturated rings. The molecule has 0 saturated carbocycles. The van der Waals surface area contributed by atoms with Crippen LogP contribution in [0.3, 0.4) is 0 Å². The summed E-state index contributed by atoms with van der Waals surface area (Å²) in [5.74, 6) is -1.05. The van der Waals surface area contributed by atoms with Gasteiger partial charge in [-0.25, -0.2) is 9.36 Å². The van der Waals surface area contributed by atoms with Crippen LogP contribution in [-0.4, -0.2) is 74.9 Å². The first kappa shape index (κ1) is 52.2. The smallest absolute Gasteiger partial charge is 0.458 e. The molecule has 316 valence electrons. The van der Waals surface area contributed by atoms with E-state index in [1.807, 2.05) is 39.4 Å². The van der Waals surface area contributed by atoms with Crippen LogP contribution in [0, 0.1) is 0 Å². The van der Waals surface area contributed by atoms with E-state index in [4.69, 9.17) is 18.5 Å². The van der Waals surface area contributed by atoms with Gasteiger partial charge in [-0.1, -0.05) is 166 Å². The minimum absolute atomic E-state index is 0.0188. The molecule has 0 rings (SSSR count). The van der Waals surface area contributed by atoms with E-state index in [1.54, 1.807) is 6.08 Å². The van der Waals surface area contributed by atoms with E-state index >= 15 is 0 Å². The maximum atomic E-state index is 12.7. The van der Waals surface area contributed by atoms with Gasteiger partial charge in [0.05, 0.1) is 27.7 Å². The Morgan fingerprint density at radius 2 is 1.15 bits per heavy atom. The third-order valence-electron chi connectivity index (χ3n) is 9.39. The number of allylic oxidation sites excluding steroid dienone is 4. The van der Waals surface area contributed by atoms with E-state index in [0.29, 0.717) is 17.4 Å². The van der Waals surface area contributed by atoms with Crippen molar-refractivity contribution in [2.24, 2.45) is 0 Å². The van der Waals surface area contributed by atoms with Crippen molar-refractivity contribution in [3.63, 3.8) is 0 Å². The number of phosphoric acid groups is 1. The van der Waals surface area contributed by atoms with Crippen LogP contribution in [0.2, 0.25) is 0 Å². The van der Waals surface area contributed by atoms with E-state index in [-0.39, 0.29) is 19.6 Å². The Labute approximate surface area is 331 Å². The van der Waals surface area contributed by atoms with Gasteiger partial charge in [0.25, 0.3) is 0 Å². The molecule has 1 unspecified atom stereocenters. The van der Waals surface area contributed by atoms with Crippen LogP contribution >= 0.6 is 7.82 Å². The lowest BCUT2D eigenvalue weighted by Crippen LogP contribution is -2.37. The van der Waals surface area contributed by atoms with Crippen molar-refractivity contribution < 1.29 is 42.1 Å². The van der Waals surface area contributed by atoms with Gasteiger partial charge in [0.1, 0.15) is 19.8 Å². The quantitative estimate of drug-likeness (QED) is 0.0124. The highest BCUT2D eigenvalue weighted by atomic mass is 31.2. The minimum Gasteiger partial charge on any atom is -0.458 e. The lowest BCUT2D eigenvalue weighted by molar-refractivity contribution is -0.870. The summed E-state index contributed by atoms with van der Waals surface area (Å²) in [7, 11) is 1.43. The fraction of sp³-hybridized carbons (Fsp3) is 0.818. The molecular formula is C44H83NO8P+.